The van der Waals surface area contributed by atoms with E-state index in [1.54, 1.807) is 13.0 Å². The van der Waals surface area contributed by atoms with Crippen LogP contribution in [0.5, 0.6) is 0 Å². The first kappa shape index (κ1) is 14.5. The number of rotatable bonds is 4. The Morgan fingerprint density at radius 2 is 1.95 bits per heavy atom. The first-order valence-corrected chi connectivity index (χ1v) is 7.93. The number of carbonyl (C=O) groups is 2. The molecule has 6 nitrogen and oxygen atoms in total. The molecule has 0 radical (unpaired) electrons. The van der Waals surface area contributed by atoms with Crippen molar-refractivity contribution in [2.24, 2.45) is 11.8 Å². The number of aryl methyl sites for hydroxylation is 1. The number of benzene rings is 1. The number of sulfone groups is 1. The molecule has 20 heavy (non-hydrogen) atoms. The summed E-state index contributed by atoms with van der Waals surface area (Å²) in [4.78, 5) is 22.7. The lowest BCUT2D eigenvalue weighted by Gasteiger charge is -2.09. The molecule has 0 spiro atoms. The number of carboxylic acid groups (broad SMARTS) is 1. The van der Waals surface area contributed by atoms with Gasteiger partial charge in [0.05, 0.1) is 16.7 Å². The zero-order valence-corrected chi connectivity index (χ0v) is 11.9. The average Bonchev–Trinajstić information content (AvgIpc) is 3.10. The van der Waals surface area contributed by atoms with Gasteiger partial charge >= 0.3 is 5.97 Å². The highest BCUT2D eigenvalue weighted by Gasteiger charge is 2.48. The van der Waals surface area contributed by atoms with Gasteiger partial charge in [-0.05, 0) is 31.0 Å². The molecule has 2 atom stereocenters. The summed E-state index contributed by atoms with van der Waals surface area (Å²) in [6.45, 7) is 1.74. The van der Waals surface area contributed by atoms with E-state index in [1.807, 2.05) is 0 Å². The van der Waals surface area contributed by atoms with Crippen LogP contribution in [0.3, 0.4) is 0 Å². The summed E-state index contributed by atoms with van der Waals surface area (Å²) in [6, 6.07) is 4.46. The van der Waals surface area contributed by atoms with Gasteiger partial charge in [0.25, 0.3) is 0 Å². The molecule has 2 N–H and O–H groups in total. The normalized spacial score (nSPS) is 21.3. The zero-order chi connectivity index (χ0) is 15.1. The summed E-state index contributed by atoms with van der Waals surface area (Å²) >= 11 is 0. The van der Waals surface area contributed by atoms with Crippen LogP contribution in [-0.2, 0) is 19.4 Å². The van der Waals surface area contributed by atoms with E-state index in [0.717, 1.165) is 11.8 Å². The second kappa shape index (κ2) is 4.90. The van der Waals surface area contributed by atoms with Crippen molar-refractivity contribution in [3.8, 4) is 0 Å². The quantitative estimate of drug-likeness (QED) is 0.865. The van der Waals surface area contributed by atoms with Gasteiger partial charge in [-0.2, -0.15) is 0 Å². The zero-order valence-electron chi connectivity index (χ0n) is 11.1. The van der Waals surface area contributed by atoms with Gasteiger partial charge in [0, 0.05) is 11.9 Å². The molecule has 108 valence electrons. The van der Waals surface area contributed by atoms with Gasteiger partial charge < -0.3 is 10.4 Å². The standard InChI is InChI=1S/C13H15NO5S/c1-7-3-4-8(20(2,18)19)5-11(7)14-12(15)9-6-10(9)13(16)17/h3-5,9-10H,6H2,1-2H3,(H,14,15)(H,16,17). The van der Waals surface area contributed by atoms with Gasteiger partial charge in [-0.1, -0.05) is 6.07 Å². The molecule has 0 saturated heterocycles. The number of hydrogen-bond donors (Lipinski definition) is 2. The summed E-state index contributed by atoms with van der Waals surface area (Å²) in [6.07, 6.45) is 1.41. The molecule has 2 rings (SSSR count). The molecule has 1 amide bonds. The Morgan fingerprint density at radius 1 is 1.30 bits per heavy atom. The van der Waals surface area contributed by atoms with Gasteiger partial charge in [-0.15, -0.1) is 0 Å². The largest absolute Gasteiger partial charge is 0.481 e. The molecule has 1 aromatic carbocycles. The molecule has 1 aliphatic rings. The monoisotopic (exact) mass is 297 g/mol. The summed E-state index contributed by atoms with van der Waals surface area (Å²) in [5.41, 5.74) is 1.12. The Bertz CT molecular complexity index is 680. The van der Waals surface area contributed by atoms with Gasteiger partial charge in [0.1, 0.15) is 0 Å². The molecule has 0 heterocycles. The van der Waals surface area contributed by atoms with Crippen LogP contribution < -0.4 is 5.32 Å². The van der Waals surface area contributed by atoms with Crippen LogP contribution in [0.4, 0.5) is 5.69 Å². The molecule has 0 aromatic heterocycles. The minimum Gasteiger partial charge on any atom is -0.481 e. The molecule has 2 unspecified atom stereocenters. The maximum Gasteiger partial charge on any atom is 0.307 e. The first-order chi connectivity index (χ1) is 9.20. The number of nitrogens with one attached hydrogen (secondary N) is 1. The fourth-order valence-corrected chi connectivity index (χ4v) is 2.60. The van der Waals surface area contributed by atoms with Crippen molar-refractivity contribution in [2.75, 3.05) is 11.6 Å². The van der Waals surface area contributed by atoms with Crippen LogP contribution in [0.25, 0.3) is 0 Å². The van der Waals surface area contributed by atoms with Crippen molar-refractivity contribution < 1.29 is 23.1 Å². The maximum atomic E-state index is 11.9. The number of amides is 1. The third kappa shape index (κ3) is 2.98. The van der Waals surface area contributed by atoms with E-state index >= 15 is 0 Å². The summed E-state index contributed by atoms with van der Waals surface area (Å²) < 4.78 is 23.0. The molecular formula is C13H15NO5S. The lowest BCUT2D eigenvalue weighted by atomic mass is 10.2. The van der Waals surface area contributed by atoms with Crippen LogP contribution in [0.2, 0.25) is 0 Å². The van der Waals surface area contributed by atoms with Crippen LogP contribution >= 0.6 is 0 Å². The number of anilines is 1. The van der Waals surface area contributed by atoms with Crippen molar-refractivity contribution in [3.05, 3.63) is 23.8 Å². The van der Waals surface area contributed by atoms with E-state index in [4.69, 9.17) is 5.11 Å². The lowest BCUT2D eigenvalue weighted by molar-refractivity contribution is -0.139. The lowest BCUT2D eigenvalue weighted by Crippen LogP contribution is -2.17. The first-order valence-electron chi connectivity index (χ1n) is 6.04. The van der Waals surface area contributed by atoms with Crippen molar-refractivity contribution in [2.45, 2.75) is 18.2 Å². The molecule has 1 aromatic rings. The molecule has 1 aliphatic carbocycles. The Hall–Kier alpha value is -1.89. The summed E-state index contributed by atoms with van der Waals surface area (Å²) in [5, 5.41) is 11.4. The van der Waals surface area contributed by atoms with Crippen molar-refractivity contribution in [3.63, 3.8) is 0 Å². The molecule has 0 bridgehead atoms. The predicted molar refractivity (Wildman–Crippen MR) is 72.2 cm³/mol. The van der Waals surface area contributed by atoms with Gasteiger partial charge in [0.2, 0.25) is 5.91 Å². The average molecular weight is 297 g/mol. The van der Waals surface area contributed by atoms with Gasteiger partial charge in [-0.25, -0.2) is 8.42 Å². The molecule has 0 aliphatic heterocycles. The van der Waals surface area contributed by atoms with E-state index in [0.29, 0.717) is 12.1 Å². The fourth-order valence-electron chi connectivity index (χ4n) is 1.95. The molecule has 1 saturated carbocycles. The second-order valence-corrected chi connectivity index (χ2v) is 7.04. The number of carboxylic acids is 1. The van der Waals surface area contributed by atoms with Gasteiger partial charge in [0.15, 0.2) is 9.84 Å². The smallest absolute Gasteiger partial charge is 0.307 e. The minimum atomic E-state index is -3.35. The van der Waals surface area contributed by atoms with Crippen molar-refractivity contribution in [1.82, 2.24) is 0 Å². The molecule has 1 fully saturated rings. The third-order valence-electron chi connectivity index (χ3n) is 3.34. The topological polar surface area (TPSA) is 101 Å². The summed E-state index contributed by atoms with van der Waals surface area (Å²) in [7, 11) is -3.35. The Kier molecular flexibility index (Phi) is 3.56. The highest BCUT2D eigenvalue weighted by Crippen LogP contribution is 2.39. The highest BCUT2D eigenvalue weighted by molar-refractivity contribution is 7.90. The molecular weight excluding hydrogens is 282 g/mol. The predicted octanol–water partition coefficient (Wildman–Crippen LogP) is 1.06. The Balaban J connectivity index is 2.18. The van der Waals surface area contributed by atoms with Crippen LogP contribution in [0.15, 0.2) is 23.1 Å². The molecule has 7 heteroatoms. The Labute approximate surface area is 116 Å². The number of carbonyl (C=O) groups excluding carboxylic acids is 1. The second-order valence-electron chi connectivity index (χ2n) is 5.03. The highest BCUT2D eigenvalue weighted by atomic mass is 32.2. The maximum absolute atomic E-state index is 11.9. The summed E-state index contributed by atoms with van der Waals surface area (Å²) in [5.74, 6) is -2.53. The van der Waals surface area contributed by atoms with E-state index in [9.17, 15) is 18.0 Å². The Morgan fingerprint density at radius 3 is 2.45 bits per heavy atom. The van der Waals surface area contributed by atoms with Crippen LogP contribution in [0, 0.1) is 18.8 Å². The fraction of sp³-hybridized carbons (Fsp3) is 0.385. The number of aliphatic carboxylic acids is 1. The van der Waals surface area contributed by atoms with Crippen LogP contribution in [0.1, 0.15) is 12.0 Å². The van der Waals surface area contributed by atoms with Crippen molar-refractivity contribution in [1.29, 1.82) is 0 Å². The van der Waals surface area contributed by atoms with Crippen molar-refractivity contribution >= 4 is 27.4 Å². The van der Waals surface area contributed by atoms with E-state index in [1.165, 1.54) is 12.1 Å². The van der Waals surface area contributed by atoms with Gasteiger partial charge in [-0.3, -0.25) is 9.59 Å². The van der Waals surface area contributed by atoms with E-state index < -0.39 is 27.6 Å². The van der Waals surface area contributed by atoms with Crippen LogP contribution in [-0.4, -0.2) is 31.7 Å². The van der Waals surface area contributed by atoms with E-state index in [-0.39, 0.29) is 10.8 Å². The third-order valence-corrected chi connectivity index (χ3v) is 4.45. The minimum absolute atomic E-state index is 0.115. The number of hydrogen-bond acceptors (Lipinski definition) is 4. The van der Waals surface area contributed by atoms with E-state index in [2.05, 4.69) is 5.32 Å². The SMILES string of the molecule is Cc1ccc(S(C)(=O)=O)cc1NC(=O)C1CC1C(=O)O.